The summed E-state index contributed by atoms with van der Waals surface area (Å²) < 4.78 is 0. The average molecular weight is 228 g/mol. The maximum atomic E-state index is 10.7. The lowest BCUT2D eigenvalue weighted by molar-refractivity contribution is 0.0696. The summed E-state index contributed by atoms with van der Waals surface area (Å²) >= 11 is 0. The molecule has 17 heavy (non-hydrogen) atoms. The molecule has 0 heterocycles. The number of carbonyl (C=O) groups is 1. The van der Waals surface area contributed by atoms with Gasteiger partial charge < -0.3 is 10.2 Å². The molecule has 0 atom stereocenters. The number of aromatic carboxylic acids is 1. The molecule has 0 aliphatic rings. The van der Waals surface area contributed by atoms with Crippen LogP contribution < -0.4 is 0 Å². The molecule has 0 aromatic heterocycles. The van der Waals surface area contributed by atoms with Crippen molar-refractivity contribution in [2.75, 3.05) is 0 Å². The number of rotatable bonds is 3. The predicted molar refractivity (Wildman–Crippen MR) is 64.3 cm³/mol. The molecule has 0 bridgehead atoms. The highest BCUT2D eigenvalue weighted by Crippen LogP contribution is 2.21. The standard InChI is InChI=1S/C14H12O3/c15-13-9-12(14(16)17)7-6-11(13)8-10-4-2-1-3-5-10/h1-7,9,15H,8H2,(H,16,17). The lowest BCUT2D eigenvalue weighted by Gasteiger charge is -2.05. The molecule has 0 spiro atoms. The molecule has 0 fully saturated rings. The van der Waals surface area contributed by atoms with E-state index < -0.39 is 5.97 Å². The fourth-order valence-electron chi connectivity index (χ4n) is 1.66. The summed E-state index contributed by atoms with van der Waals surface area (Å²) in [5.74, 6) is -1.01. The van der Waals surface area contributed by atoms with Crippen LogP contribution in [-0.4, -0.2) is 16.2 Å². The predicted octanol–water partition coefficient (Wildman–Crippen LogP) is 2.68. The Morgan fingerprint density at radius 1 is 1.06 bits per heavy atom. The Hall–Kier alpha value is -2.29. The number of phenolic OH excluding ortho intramolecular Hbond substituents is 1. The normalized spacial score (nSPS) is 10.1. The van der Waals surface area contributed by atoms with Crippen LogP contribution in [0.2, 0.25) is 0 Å². The van der Waals surface area contributed by atoms with E-state index in [1.807, 2.05) is 30.3 Å². The Balaban J connectivity index is 2.26. The van der Waals surface area contributed by atoms with Crippen molar-refractivity contribution in [3.05, 3.63) is 65.2 Å². The third kappa shape index (κ3) is 2.64. The van der Waals surface area contributed by atoms with Gasteiger partial charge in [-0.3, -0.25) is 0 Å². The minimum atomic E-state index is -1.04. The molecule has 2 aromatic carbocycles. The number of phenols is 1. The molecule has 86 valence electrons. The van der Waals surface area contributed by atoms with Crippen molar-refractivity contribution in [2.45, 2.75) is 6.42 Å². The second-order valence-corrected chi connectivity index (χ2v) is 3.81. The highest BCUT2D eigenvalue weighted by molar-refractivity contribution is 5.88. The number of carboxylic acids is 1. The molecule has 0 radical (unpaired) electrons. The highest BCUT2D eigenvalue weighted by atomic mass is 16.4. The Kier molecular flexibility index (Phi) is 3.10. The van der Waals surface area contributed by atoms with Crippen LogP contribution in [0.15, 0.2) is 48.5 Å². The van der Waals surface area contributed by atoms with E-state index in [4.69, 9.17) is 5.11 Å². The van der Waals surface area contributed by atoms with E-state index in [2.05, 4.69) is 0 Å². The molecule has 2 rings (SSSR count). The number of carboxylic acid groups (broad SMARTS) is 1. The van der Waals surface area contributed by atoms with E-state index >= 15 is 0 Å². The Morgan fingerprint density at radius 2 is 1.76 bits per heavy atom. The fourth-order valence-corrected chi connectivity index (χ4v) is 1.66. The first kappa shape index (κ1) is 11.2. The summed E-state index contributed by atoms with van der Waals surface area (Å²) in [4.78, 5) is 10.7. The zero-order valence-electron chi connectivity index (χ0n) is 9.13. The summed E-state index contributed by atoms with van der Waals surface area (Å²) in [6.45, 7) is 0. The molecule has 0 amide bonds. The van der Waals surface area contributed by atoms with Gasteiger partial charge in [0.05, 0.1) is 5.56 Å². The molecule has 3 nitrogen and oxygen atoms in total. The first-order chi connectivity index (χ1) is 8.16. The first-order valence-electron chi connectivity index (χ1n) is 5.26. The van der Waals surface area contributed by atoms with Crippen LogP contribution in [0.25, 0.3) is 0 Å². The van der Waals surface area contributed by atoms with Gasteiger partial charge in [-0.2, -0.15) is 0 Å². The quantitative estimate of drug-likeness (QED) is 0.849. The topological polar surface area (TPSA) is 57.5 Å². The number of hydrogen-bond donors (Lipinski definition) is 2. The van der Waals surface area contributed by atoms with Gasteiger partial charge in [0.2, 0.25) is 0 Å². The van der Waals surface area contributed by atoms with Crippen molar-refractivity contribution in [3.63, 3.8) is 0 Å². The van der Waals surface area contributed by atoms with Crippen LogP contribution in [0.3, 0.4) is 0 Å². The van der Waals surface area contributed by atoms with Crippen molar-refractivity contribution < 1.29 is 15.0 Å². The van der Waals surface area contributed by atoms with Gasteiger partial charge in [-0.25, -0.2) is 4.79 Å². The molecule has 0 saturated heterocycles. The molecule has 0 aliphatic heterocycles. The van der Waals surface area contributed by atoms with E-state index in [-0.39, 0.29) is 11.3 Å². The van der Waals surface area contributed by atoms with E-state index in [9.17, 15) is 9.90 Å². The van der Waals surface area contributed by atoms with Gasteiger partial charge in [0.1, 0.15) is 5.75 Å². The Morgan fingerprint density at radius 3 is 2.35 bits per heavy atom. The van der Waals surface area contributed by atoms with Crippen LogP contribution in [0.1, 0.15) is 21.5 Å². The van der Waals surface area contributed by atoms with Gasteiger partial charge in [-0.1, -0.05) is 36.4 Å². The van der Waals surface area contributed by atoms with Gasteiger partial charge in [-0.05, 0) is 23.3 Å². The van der Waals surface area contributed by atoms with Crippen molar-refractivity contribution in [2.24, 2.45) is 0 Å². The number of hydrogen-bond acceptors (Lipinski definition) is 2. The summed E-state index contributed by atoms with van der Waals surface area (Å²) in [6.07, 6.45) is 0.590. The second kappa shape index (κ2) is 4.70. The number of aromatic hydroxyl groups is 1. The summed E-state index contributed by atoms with van der Waals surface area (Å²) in [7, 11) is 0. The zero-order valence-corrected chi connectivity index (χ0v) is 9.13. The van der Waals surface area contributed by atoms with Crippen molar-refractivity contribution >= 4 is 5.97 Å². The lowest BCUT2D eigenvalue weighted by Crippen LogP contribution is -1.97. The monoisotopic (exact) mass is 228 g/mol. The maximum Gasteiger partial charge on any atom is 0.335 e. The largest absolute Gasteiger partial charge is 0.508 e. The Labute approximate surface area is 99.0 Å². The first-order valence-corrected chi connectivity index (χ1v) is 5.26. The molecular formula is C14H12O3. The van der Waals surface area contributed by atoms with Crippen LogP contribution in [0.5, 0.6) is 5.75 Å². The second-order valence-electron chi connectivity index (χ2n) is 3.81. The van der Waals surface area contributed by atoms with E-state index in [1.165, 1.54) is 12.1 Å². The maximum absolute atomic E-state index is 10.7. The van der Waals surface area contributed by atoms with Crippen molar-refractivity contribution in [1.29, 1.82) is 0 Å². The Bertz CT molecular complexity index is 532. The van der Waals surface area contributed by atoms with Gasteiger partial charge in [0, 0.05) is 6.42 Å². The molecular weight excluding hydrogens is 216 g/mol. The average Bonchev–Trinajstić information content (AvgIpc) is 2.33. The molecule has 2 aromatic rings. The van der Waals surface area contributed by atoms with E-state index in [0.29, 0.717) is 6.42 Å². The van der Waals surface area contributed by atoms with Gasteiger partial charge in [0.25, 0.3) is 0 Å². The summed E-state index contributed by atoms with van der Waals surface area (Å²) in [6, 6.07) is 14.1. The third-order valence-corrected chi connectivity index (χ3v) is 2.57. The molecule has 0 aliphatic carbocycles. The van der Waals surface area contributed by atoms with Crippen LogP contribution in [0.4, 0.5) is 0 Å². The number of benzene rings is 2. The fraction of sp³-hybridized carbons (Fsp3) is 0.0714. The van der Waals surface area contributed by atoms with Gasteiger partial charge >= 0.3 is 5.97 Å². The third-order valence-electron chi connectivity index (χ3n) is 2.57. The molecule has 0 saturated carbocycles. The minimum absolute atomic E-state index is 0.0220. The molecule has 0 unspecified atom stereocenters. The van der Waals surface area contributed by atoms with Gasteiger partial charge in [0.15, 0.2) is 0 Å². The molecule has 3 heteroatoms. The van der Waals surface area contributed by atoms with Crippen LogP contribution >= 0.6 is 0 Å². The smallest absolute Gasteiger partial charge is 0.335 e. The summed E-state index contributed by atoms with van der Waals surface area (Å²) in [5.41, 5.74) is 1.89. The lowest BCUT2D eigenvalue weighted by atomic mass is 10.0. The molecule has 2 N–H and O–H groups in total. The SMILES string of the molecule is O=C(O)c1ccc(Cc2ccccc2)c(O)c1. The minimum Gasteiger partial charge on any atom is -0.508 e. The van der Waals surface area contributed by atoms with Gasteiger partial charge in [-0.15, -0.1) is 0 Å². The zero-order chi connectivity index (χ0) is 12.3. The van der Waals surface area contributed by atoms with E-state index in [0.717, 1.165) is 11.1 Å². The van der Waals surface area contributed by atoms with Crippen LogP contribution in [-0.2, 0) is 6.42 Å². The van der Waals surface area contributed by atoms with Crippen molar-refractivity contribution in [3.8, 4) is 5.75 Å². The summed E-state index contributed by atoms with van der Waals surface area (Å²) in [5, 5.41) is 18.5. The highest BCUT2D eigenvalue weighted by Gasteiger charge is 2.07. The van der Waals surface area contributed by atoms with E-state index in [1.54, 1.807) is 6.07 Å². The van der Waals surface area contributed by atoms with Crippen LogP contribution in [0, 0.1) is 0 Å². The van der Waals surface area contributed by atoms with Crippen molar-refractivity contribution in [1.82, 2.24) is 0 Å².